The van der Waals surface area contributed by atoms with Gasteiger partial charge >= 0.3 is 0 Å². The Morgan fingerprint density at radius 1 is 1.26 bits per heavy atom. The summed E-state index contributed by atoms with van der Waals surface area (Å²) in [5.74, 6) is 1.19. The minimum Gasteiger partial charge on any atom is -0.493 e. The summed E-state index contributed by atoms with van der Waals surface area (Å²) in [6, 6.07) is 7.44. The van der Waals surface area contributed by atoms with Crippen LogP contribution in [0.2, 0.25) is 0 Å². The van der Waals surface area contributed by atoms with Crippen molar-refractivity contribution in [3.05, 3.63) is 29.8 Å². The second-order valence-electron chi connectivity index (χ2n) is 4.95. The van der Waals surface area contributed by atoms with E-state index in [1.54, 1.807) is 6.92 Å². The summed E-state index contributed by atoms with van der Waals surface area (Å²) in [4.78, 5) is 13.9. The van der Waals surface area contributed by atoms with E-state index in [1.807, 2.05) is 24.3 Å². The fraction of sp³-hybridized carbons (Fsp3) is 0.562. The Kier molecular flexibility index (Phi) is 6.57. The van der Waals surface area contributed by atoms with Gasteiger partial charge in [-0.3, -0.25) is 4.79 Å². The fourth-order valence-electron chi connectivity index (χ4n) is 2.09. The summed E-state index contributed by atoms with van der Waals surface area (Å²) in [5, 5.41) is 0. The molecule has 1 aromatic carbocycles. The van der Waals surface area contributed by atoms with E-state index >= 15 is 0 Å². The van der Waals surface area contributed by atoms with Crippen LogP contribution in [-0.4, -0.2) is 36.9 Å². The van der Waals surface area contributed by atoms with Gasteiger partial charge < -0.3 is 9.64 Å². The van der Waals surface area contributed by atoms with Gasteiger partial charge in [-0.1, -0.05) is 32.9 Å². The third-order valence-corrected chi connectivity index (χ3v) is 3.25. The van der Waals surface area contributed by atoms with E-state index in [4.69, 9.17) is 4.74 Å². The maximum absolute atomic E-state index is 11.5. The van der Waals surface area contributed by atoms with Crippen LogP contribution in [0.1, 0.15) is 38.1 Å². The number of rotatable bonds is 8. The molecule has 0 heterocycles. The molecule has 0 aliphatic carbocycles. The number of carbonyl (C=O) groups excluding carboxylic acids is 1. The van der Waals surface area contributed by atoms with E-state index < -0.39 is 0 Å². The first-order valence-electron chi connectivity index (χ1n) is 7.03. The van der Waals surface area contributed by atoms with Gasteiger partial charge in [-0.2, -0.15) is 0 Å². The summed E-state index contributed by atoms with van der Waals surface area (Å²) in [7, 11) is 0. The molecule has 0 spiro atoms. The number of carbonyl (C=O) groups is 1. The molecule has 0 amide bonds. The normalized spacial score (nSPS) is 12.5. The molecule has 0 radical (unpaired) electrons. The lowest BCUT2D eigenvalue weighted by Gasteiger charge is -2.23. The number of Topliss-reactive ketones (excluding diaryl/α,β-unsaturated/α-hetero) is 1. The van der Waals surface area contributed by atoms with Gasteiger partial charge in [-0.25, -0.2) is 0 Å². The van der Waals surface area contributed by atoms with Gasteiger partial charge in [0, 0.05) is 12.5 Å². The van der Waals surface area contributed by atoms with E-state index in [9.17, 15) is 4.79 Å². The van der Waals surface area contributed by atoms with Crippen molar-refractivity contribution in [2.75, 3.05) is 26.2 Å². The maximum Gasteiger partial charge on any atom is 0.163 e. The molecule has 0 saturated carbocycles. The first-order valence-corrected chi connectivity index (χ1v) is 7.03. The van der Waals surface area contributed by atoms with Crippen molar-refractivity contribution >= 4 is 5.78 Å². The van der Waals surface area contributed by atoms with Crippen molar-refractivity contribution in [1.29, 1.82) is 0 Å². The van der Waals surface area contributed by atoms with Crippen molar-refractivity contribution in [1.82, 2.24) is 4.90 Å². The Labute approximate surface area is 116 Å². The van der Waals surface area contributed by atoms with Crippen molar-refractivity contribution < 1.29 is 9.53 Å². The van der Waals surface area contributed by atoms with Gasteiger partial charge in [0.15, 0.2) is 5.78 Å². The Balaban J connectivity index is 2.55. The van der Waals surface area contributed by atoms with Crippen LogP contribution in [0.3, 0.4) is 0 Å². The summed E-state index contributed by atoms with van der Waals surface area (Å²) >= 11 is 0. The molecular formula is C16H25NO2. The average molecular weight is 263 g/mol. The molecule has 3 heteroatoms. The van der Waals surface area contributed by atoms with Crippen LogP contribution >= 0.6 is 0 Å². The molecule has 0 aliphatic heterocycles. The summed E-state index contributed by atoms with van der Waals surface area (Å²) in [6.45, 7) is 11.9. The van der Waals surface area contributed by atoms with Crippen LogP contribution in [0.15, 0.2) is 24.3 Å². The molecule has 19 heavy (non-hydrogen) atoms. The lowest BCUT2D eigenvalue weighted by Crippen LogP contribution is -2.30. The molecule has 0 aliphatic rings. The SMILES string of the molecule is CCN(CC)CC(C)COc1ccccc1C(C)=O. The van der Waals surface area contributed by atoms with Crippen LogP contribution < -0.4 is 4.74 Å². The van der Waals surface area contributed by atoms with E-state index in [2.05, 4.69) is 25.7 Å². The Morgan fingerprint density at radius 2 is 1.89 bits per heavy atom. The minimum absolute atomic E-state index is 0.0481. The lowest BCUT2D eigenvalue weighted by atomic mass is 10.1. The Morgan fingerprint density at radius 3 is 2.47 bits per heavy atom. The highest BCUT2D eigenvalue weighted by Crippen LogP contribution is 2.19. The highest BCUT2D eigenvalue weighted by molar-refractivity contribution is 5.96. The third-order valence-electron chi connectivity index (χ3n) is 3.25. The van der Waals surface area contributed by atoms with Crippen molar-refractivity contribution in [3.63, 3.8) is 0 Å². The molecule has 0 N–H and O–H groups in total. The fourth-order valence-corrected chi connectivity index (χ4v) is 2.09. The average Bonchev–Trinajstić information content (AvgIpc) is 2.42. The van der Waals surface area contributed by atoms with E-state index in [0.717, 1.165) is 19.6 Å². The molecule has 0 bridgehead atoms. The highest BCUT2D eigenvalue weighted by Gasteiger charge is 2.11. The number of nitrogens with zero attached hydrogens (tertiary/aromatic N) is 1. The largest absolute Gasteiger partial charge is 0.493 e. The van der Waals surface area contributed by atoms with Crippen molar-refractivity contribution in [3.8, 4) is 5.75 Å². The van der Waals surface area contributed by atoms with Gasteiger partial charge in [0.2, 0.25) is 0 Å². The molecular weight excluding hydrogens is 238 g/mol. The summed E-state index contributed by atoms with van der Waals surface area (Å²) in [6.07, 6.45) is 0. The molecule has 1 aromatic rings. The number of ether oxygens (including phenoxy) is 1. The van der Waals surface area contributed by atoms with Crippen molar-refractivity contribution in [2.45, 2.75) is 27.7 Å². The van der Waals surface area contributed by atoms with E-state index in [1.165, 1.54) is 0 Å². The first kappa shape index (κ1) is 15.7. The summed E-state index contributed by atoms with van der Waals surface area (Å²) < 4.78 is 5.80. The van der Waals surface area contributed by atoms with Gasteiger partial charge in [-0.15, -0.1) is 0 Å². The maximum atomic E-state index is 11.5. The Hall–Kier alpha value is -1.35. The second kappa shape index (κ2) is 7.95. The standard InChI is InChI=1S/C16H25NO2/c1-5-17(6-2)11-13(3)12-19-16-10-8-7-9-15(16)14(4)18/h7-10,13H,5-6,11-12H2,1-4H3. The Bertz CT molecular complexity index is 399. The number of hydrogen-bond acceptors (Lipinski definition) is 3. The number of ketones is 1. The molecule has 0 saturated heterocycles. The predicted molar refractivity (Wildman–Crippen MR) is 78.9 cm³/mol. The number of hydrogen-bond donors (Lipinski definition) is 0. The third kappa shape index (κ3) is 5.03. The van der Waals surface area contributed by atoms with Crippen molar-refractivity contribution in [2.24, 2.45) is 5.92 Å². The zero-order valence-corrected chi connectivity index (χ0v) is 12.5. The predicted octanol–water partition coefficient (Wildman–Crippen LogP) is 3.25. The van der Waals surface area contributed by atoms with Crippen LogP contribution in [0, 0.1) is 5.92 Å². The second-order valence-corrected chi connectivity index (χ2v) is 4.95. The molecule has 3 nitrogen and oxygen atoms in total. The molecule has 1 unspecified atom stereocenters. The van der Waals surface area contributed by atoms with Gasteiger partial charge in [-0.05, 0) is 32.1 Å². The molecule has 0 fully saturated rings. The zero-order chi connectivity index (χ0) is 14.3. The molecule has 1 rings (SSSR count). The van der Waals surface area contributed by atoms with Crippen LogP contribution in [-0.2, 0) is 0 Å². The highest BCUT2D eigenvalue weighted by atomic mass is 16.5. The lowest BCUT2D eigenvalue weighted by molar-refractivity contribution is 0.101. The minimum atomic E-state index is 0.0481. The number of benzene rings is 1. The van der Waals surface area contributed by atoms with Gasteiger partial charge in [0.25, 0.3) is 0 Å². The molecule has 106 valence electrons. The first-order chi connectivity index (χ1) is 9.08. The quantitative estimate of drug-likeness (QED) is 0.674. The monoisotopic (exact) mass is 263 g/mol. The van der Waals surface area contributed by atoms with Gasteiger partial charge in [0.1, 0.15) is 5.75 Å². The van der Waals surface area contributed by atoms with E-state index in [-0.39, 0.29) is 5.78 Å². The van der Waals surface area contributed by atoms with Gasteiger partial charge in [0.05, 0.1) is 12.2 Å². The topological polar surface area (TPSA) is 29.5 Å². The van der Waals surface area contributed by atoms with E-state index in [0.29, 0.717) is 23.8 Å². The molecule has 1 atom stereocenters. The summed E-state index contributed by atoms with van der Waals surface area (Å²) in [5.41, 5.74) is 0.664. The zero-order valence-electron chi connectivity index (χ0n) is 12.5. The van der Waals surface area contributed by atoms with Crippen LogP contribution in [0.4, 0.5) is 0 Å². The number of para-hydroxylation sites is 1. The molecule has 0 aromatic heterocycles. The van der Waals surface area contributed by atoms with Crippen LogP contribution in [0.5, 0.6) is 5.75 Å². The van der Waals surface area contributed by atoms with Crippen LogP contribution in [0.25, 0.3) is 0 Å². The smallest absolute Gasteiger partial charge is 0.163 e.